The Hall–Kier alpha value is -1.22. The molecular formula is C15H21NO2. The van der Waals surface area contributed by atoms with Crippen LogP contribution in [0.1, 0.15) is 44.2 Å². The lowest BCUT2D eigenvalue weighted by molar-refractivity contribution is 0.296. The van der Waals surface area contributed by atoms with Crippen LogP contribution in [-0.4, -0.2) is 19.3 Å². The standard InChI is InChI=1S/C15H21NO2/c1-11-4-2-5-13(16-11)12-6-7-14-15(10-12)18-9-3-8-17-14/h6-7,10-11,13,16H,2-5,8-9H2,1H3. The van der Waals surface area contributed by atoms with Gasteiger partial charge < -0.3 is 14.8 Å². The van der Waals surface area contributed by atoms with Gasteiger partial charge in [-0.05, 0) is 37.5 Å². The van der Waals surface area contributed by atoms with Crippen LogP contribution >= 0.6 is 0 Å². The van der Waals surface area contributed by atoms with E-state index in [1.807, 2.05) is 0 Å². The quantitative estimate of drug-likeness (QED) is 0.827. The van der Waals surface area contributed by atoms with Crippen LogP contribution in [0.4, 0.5) is 0 Å². The van der Waals surface area contributed by atoms with Gasteiger partial charge in [0.15, 0.2) is 11.5 Å². The van der Waals surface area contributed by atoms with Crippen LogP contribution in [-0.2, 0) is 0 Å². The van der Waals surface area contributed by atoms with E-state index in [1.54, 1.807) is 0 Å². The summed E-state index contributed by atoms with van der Waals surface area (Å²) in [4.78, 5) is 0. The zero-order valence-corrected chi connectivity index (χ0v) is 10.9. The lowest BCUT2D eigenvalue weighted by atomic mass is 9.94. The summed E-state index contributed by atoms with van der Waals surface area (Å²) in [5, 5.41) is 3.66. The summed E-state index contributed by atoms with van der Waals surface area (Å²) in [6, 6.07) is 7.45. The zero-order chi connectivity index (χ0) is 12.4. The van der Waals surface area contributed by atoms with Gasteiger partial charge in [0, 0.05) is 18.5 Å². The Balaban J connectivity index is 1.82. The zero-order valence-electron chi connectivity index (χ0n) is 10.9. The van der Waals surface area contributed by atoms with Gasteiger partial charge in [-0.15, -0.1) is 0 Å². The molecule has 1 N–H and O–H groups in total. The molecular weight excluding hydrogens is 226 g/mol. The molecule has 3 rings (SSSR count). The first-order chi connectivity index (χ1) is 8.83. The van der Waals surface area contributed by atoms with Gasteiger partial charge in [-0.25, -0.2) is 0 Å². The maximum atomic E-state index is 5.75. The number of piperidine rings is 1. The smallest absolute Gasteiger partial charge is 0.161 e. The van der Waals surface area contributed by atoms with Crippen molar-refractivity contribution in [2.24, 2.45) is 0 Å². The summed E-state index contributed by atoms with van der Waals surface area (Å²) in [7, 11) is 0. The van der Waals surface area contributed by atoms with E-state index in [1.165, 1.54) is 24.8 Å². The van der Waals surface area contributed by atoms with Crippen molar-refractivity contribution in [2.45, 2.75) is 44.7 Å². The molecule has 3 nitrogen and oxygen atoms in total. The van der Waals surface area contributed by atoms with E-state index in [4.69, 9.17) is 9.47 Å². The second-order valence-electron chi connectivity index (χ2n) is 5.31. The number of benzene rings is 1. The van der Waals surface area contributed by atoms with E-state index in [0.717, 1.165) is 31.1 Å². The summed E-state index contributed by atoms with van der Waals surface area (Å²) in [6.45, 7) is 3.77. The van der Waals surface area contributed by atoms with Crippen molar-refractivity contribution >= 4 is 0 Å². The Morgan fingerprint density at radius 2 is 1.89 bits per heavy atom. The molecule has 0 saturated carbocycles. The molecule has 0 amide bonds. The van der Waals surface area contributed by atoms with Crippen LogP contribution in [0.25, 0.3) is 0 Å². The molecule has 1 aromatic carbocycles. The van der Waals surface area contributed by atoms with E-state index in [9.17, 15) is 0 Å². The van der Waals surface area contributed by atoms with E-state index in [0.29, 0.717) is 12.1 Å². The third kappa shape index (κ3) is 2.46. The Labute approximate surface area is 108 Å². The average Bonchev–Trinajstić information content (AvgIpc) is 2.63. The van der Waals surface area contributed by atoms with Gasteiger partial charge in [-0.3, -0.25) is 0 Å². The highest BCUT2D eigenvalue weighted by Gasteiger charge is 2.21. The largest absolute Gasteiger partial charge is 0.490 e. The van der Waals surface area contributed by atoms with Crippen molar-refractivity contribution in [2.75, 3.05) is 13.2 Å². The number of fused-ring (bicyclic) bond motifs is 1. The minimum absolute atomic E-state index is 0.464. The maximum absolute atomic E-state index is 5.75. The summed E-state index contributed by atoms with van der Waals surface area (Å²) in [5.74, 6) is 1.80. The first-order valence-electron chi connectivity index (χ1n) is 6.98. The number of hydrogen-bond donors (Lipinski definition) is 1. The predicted octanol–water partition coefficient (Wildman–Crippen LogP) is 3.05. The molecule has 18 heavy (non-hydrogen) atoms. The van der Waals surface area contributed by atoms with E-state index < -0.39 is 0 Å². The van der Waals surface area contributed by atoms with Crippen LogP contribution in [0, 0.1) is 0 Å². The van der Waals surface area contributed by atoms with Crippen LogP contribution < -0.4 is 14.8 Å². The molecule has 1 saturated heterocycles. The normalized spacial score (nSPS) is 27.6. The minimum Gasteiger partial charge on any atom is -0.490 e. The highest BCUT2D eigenvalue weighted by molar-refractivity contribution is 5.44. The lowest BCUT2D eigenvalue weighted by Crippen LogP contribution is -2.34. The fourth-order valence-corrected chi connectivity index (χ4v) is 2.80. The lowest BCUT2D eigenvalue weighted by Gasteiger charge is -2.29. The van der Waals surface area contributed by atoms with E-state index in [-0.39, 0.29) is 0 Å². The Kier molecular flexibility index (Phi) is 3.41. The van der Waals surface area contributed by atoms with Gasteiger partial charge >= 0.3 is 0 Å². The van der Waals surface area contributed by atoms with Crippen molar-refractivity contribution in [3.8, 4) is 11.5 Å². The van der Waals surface area contributed by atoms with Gasteiger partial charge in [-0.1, -0.05) is 12.5 Å². The third-order valence-electron chi connectivity index (χ3n) is 3.79. The highest BCUT2D eigenvalue weighted by Crippen LogP contribution is 2.34. The molecule has 2 aliphatic rings. The van der Waals surface area contributed by atoms with Crippen LogP contribution in [0.2, 0.25) is 0 Å². The first kappa shape index (κ1) is 11.8. The van der Waals surface area contributed by atoms with Crippen LogP contribution in [0.5, 0.6) is 11.5 Å². The second-order valence-corrected chi connectivity index (χ2v) is 5.31. The molecule has 1 aromatic rings. The minimum atomic E-state index is 0.464. The third-order valence-corrected chi connectivity index (χ3v) is 3.79. The van der Waals surface area contributed by atoms with Crippen molar-refractivity contribution in [1.29, 1.82) is 0 Å². The Morgan fingerprint density at radius 1 is 1.06 bits per heavy atom. The molecule has 2 aliphatic heterocycles. The Bertz CT molecular complexity index is 419. The van der Waals surface area contributed by atoms with E-state index in [2.05, 4.69) is 30.4 Å². The molecule has 98 valence electrons. The Morgan fingerprint density at radius 3 is 2.72 bits per heavy atom. The molecule has 2 heterocycles. The predicted molar refractivity (Wildman–Crippen MR) is 71.2 cm³/mol. The van der Waals surface area contributed by atoms with Crippen molar-refractivity contribution < 1.29 is 9.47 Å². The van der Waals surface area contributed by atoms with Gasteiger partial charge in [-0.2, -0.15) is 0 Å². The fraction of sp³-hybridized carbons (Fsp3) is 0.600. The number of hydrogen-bond acceptors (Lipinski definition) is 3. The van der Waals surface area contributed by atoms with Crippen LogP contribution in [0.15, 0.2) is 18.2 Å². The number of nitrogens with one attached hydrogen (secondary N) is 1. The topological polar surface area (TPSA) is 30.5 Å². The summed E-state index contributed by atoms with van der Waals surface area (Å²) in [5.41, 5.74) is 1.32. The molecule has 0 spiro atoms. The fourth-order valence-electron chi connectivity index (χ4n) is 2.80. The van der Waals surface area contributed by atoms with Gasteiger partial charge in [0.1, 0.15) is 0 Å². The molecule has 2 atom stereocenters. The van der Waals surface area contributed by atoms with Crippen LogP contribution in [0.3, 0.4) is 0 Å². The SMILES string of the molecule is CC1CCCC(c2ccc3c(c2)OCCCO3)N1. The van der Waals surface area contributed by atoms with Crippen molar-refractivity contribution in [3.05, 3.63) is 23.8 Å². The second kappa shape index (κ2) is 5.19. The summed E-state index contributed by atoms with van der Waals surface area (Å²) < 4.78 is 11.4. The molecule has 3 heteroatoms. The summed E-state index contributed by atoms with van der Waals surface area (Å²) in [6.07, 6.45) is 4.75. The van der Waals surface area contributed by atoms with Gasteiger partial charge in [0.2, 0.25) is 0 Å². The monoisotopic (exact) mass is 247 g/mol. The molecule has 0 aliphatic carbocycles. The summed E-state index contributed by atoms with van der Waals surface area (Å²) >= 11 is 0. The maximum Gasteiger partial charge on any atom is 0.161 e. The van der Waals surface area contributed by atoms with Crippen molar-refractivity contribution in [3.63, 3.8) is 0 Å². The molecule has 0 radical (unpaired) electrons. The van der Waals surface area contributed by atoms with Crippen molar-refractivity contribution in [1.82, 2.24) is 5.32 Å². The highest BCUT2D eigenvalue weighted by atomic mass is 16.5. The molecule has 0 bridgehead atoms. The number of rotatable bonds is 1. The van der Waals surface area contributed by atoms with E-state index >= 15 is 0 Å². The van der Waals surface area contributed by atoms with Gasteiger partial charge in [0.25, 0.3) is 0 Å². The molecule has 1 fully saturated rings. The average molecular weight is 247 g/mol. The molecule has 2 unspecified atom stereocenters. The first-order valence-corrected chi connectivity index (χ1v) is 6.98. The van der Waals surface area contributed by atoms with Gasteiger partial charge in [0.05, 0.1) is 13.2 Å². The number of ether oxygens (including phenoxy) is 2. The molecule has 0 aromatic heterocycles.